The number of rotatable bonds is 7. The Morgan fingerprint density at radius 2 is 2.09 bits per heavy atom. The first-order valence-corrected chi connectivity index (χ1v) is 7.88. The SMILES string of the molecule is CN(CCC(=O)O)C(=O)CC1CN(Cc2ccccc2)CCO1. The zero-order chi connectivity index (χ0) is 16.7. The predicted octanol–water partition coefficient (Wildman–Crippen LogP) is 1.21. The highest BCUT2D eigenvalue weighted by molar-refractivity contribution is 5.77. The first-order valence-electron chi connectivity index (χ1n) is 7.88. The number of carbonyl (C=O) groups is 2. The summed E-state index contributed by atoms with van der Waals surface area (Å²) in [4.78, 5) is 26.4. The van der Waals surface area contributed by atoms with Crippen molar-refractivity contribution in [2.24, 2.45) is 0 Å². The van der Waals surface area contributed by atoms with Crippen molar-refractivity contribution in [1.29, 1.82) is 0 Å². The van der Waals surface area contributed by atoms with Gasteiger partial charge in [0.25, 0.3) is 0 Å². The summed E-state index contributed by atoms with van der Waals surface area (Å²) in [6, 6.07) is 10.2. The Balaban J connectivity index is 1.79. The van der Waals surface area contributed by atoms with Crippen LogP contribution in [0.4, 0.5) is 0 Å². The van der Waals surface area contributed by atoms with Crippen LogP contribution < -0.4 is 0 Å². The van der Waals surface area contributed by atoms with E-state index in [9.17, 15) is 9.59 Å². The molecule has 1 unspecified atom stereocenters. The van der Waals surface area contributed by atoms with E-state index in [0.717, 1.165) is 13.1 Å². The second kappa shape index (κ2) is 8.64. The van der Waals surface area contributed by atoms with Gasteiger partial charge in [-0.3, -0.25) is 14.5 Å². The number of hydrogen-bond donors (Lipinski definition) is 1. The van der Waals surface area contributed by atoms with Crippen molar-refractivity contribution in [2.75, 3.05) is 33.3 Å². The molecule has 0 saturated carbocycles. The topological polar surface area (TPSA) is 70.1 Å². The minimum atomic E-state index is -0.896. The molecule has 1 atom stereocenters. The Hall–Kier alpha value is -1.92. The normalized spacial score (nSPS) is 18.6. The number of carbonyl (C=O) groups excluding carboxylic acids is 1. The van der Waals surface area contributed by atoms with Gasteiger partial charge in [0.15, 0.2) is 0 Å². The van der Waals surface area contributed by atoms with Crippen molar-refractivity contribution in [2.45, 2.75) is 25.5 Å². The summed E-state index contributed by atoms with van der Waals surface area (Å²) in [5.41, 5.74) is 1.25. The molecule has 1 aliphatic rings. The largest absolute Gasteiger partial charge is 0.481 e. The minimum absolute atomic E-state index is 0.0338. The van der Waals surface area contributed by atoms with Crippen molar-refractivity contribution < 1.29 is 19.4 Å². The quantitative estimate of drug-likeness (QED) is 0.818. The number of nitrogens with zero attached hydrogens (tertiary/aromatic N) is 2. The van der Waals surface area contributed by atoms with Gasteiger partial charge < -0.3 is 14.7 Å². The molecule has 1 aromatic rings. The first kappa shape index (κ1) is 17.4. The van der Waals surface area contributed by atoms with Crippen molar-refractivity contribution in [3.05, 3.63) is 35.9 Å². The summed E-state index contributed by atoms with van der Waals surface area (Å²) in [5.74, 6) is -0.967. The van der Waals surface area contributed by atoms with Gasteiger partial charge in [-0.15, -0.1) is 0 Å². The Kier molecular flexibility index (Phi) is 6.55. The summed E-state index contributed by atoms with van der Waals surface area (Å²) in [7, 11) is 1.63. The molecule has 1 fully saturated rings. The minimum Gasteiger partial charge on any atom is -0.481 e. The average Bonchev–Trinajstić information content (AvgIpc) is 2.53. The molecule has 0 aromatic heterocycles. The fourth-order valence-corrected chi connectivity index (χ4v) is 2.63. The predicted molar refractivity (Wildman–Crippen MR) is 86.0 cm³/mol. The number of aliphatic carboxylic acids is 1. The highest BCUT2D eigenvalue weighted by Crippen LogP contribution is 2.13. The Morgan fingerprint density at radius 3 is 2.78 bits per heavy atom. The van der Waals surface area contributed by atoms with Gasteiger partial charge in [0.05, 0.1) is 25.6 Å². The van der Waals surface area contributed by atoms with Gasteiger partial charge >= 0.3 is 5.97 Å². The molecule has 6 heteroatoms. The molecule has 1 N–H and O–H groups in total. The number of morpholine rings is 1. The van der Waals surface area contributed by atoms with Gasteiger partial charge in [-0.05, 0) is 5.56 Å². The van der Waals surface area contributed by atoms with Crippen LogP contribution in [0.15, 0.2) is 30.3 Å². The lowest BCUT2D eigenvalue weighted by Crippen LogP contribution is -2.44. The second-order valence-corrected chi connectivity index (χ2v) is 5.88. The monoisotopic (exact) mass is 320 g/mol. The maximum atomic E-state index is 12.1. The van der Waals surface area contributed by atoms with Crippen molar-refractivity contribution in [3.63, 3.8) is 0 Å². The number of carboxylic acid groups (broad SMARTS) is 1. The molecule has 1 aromatic carbocycles. The van der Waals surface area contributed by atoms with E-state index in [1.54, 1.807) is 7.05 Å². The van der Waals surface area contributed by atoms with Crippen LogP contribution in [0.5, 0.6) is 0 Å². The third-order valence-corrected chi connectivity index (χ3v) is 3.96. The van der Waals surface area contributed by atoms with Crippen molar-refractivity contribution >= 4 is 11.9 Å². The zero-order valence-electron chi connectivity index (χ0n) is 13.5. The third kappa shape index (κ3) is 6.00. The van der Waals surface area contributed by atoms with Crippen molar-refractivity contribution in [3.8, 4) is 0 Å². The third-order valence-electron chi connectivity index (χ3n) is 3.96. The summed E-state index contributed by atoms with van der Waals surface area (Å²) < 4.78 is 5.69. The number of benzene rings is 1. The molecule has 1 saturated heterocycles. The summed E-state index contributed by atoms with van der Waals surface area (Å²) in [6.07, 6.45) is 0.127. The van der Waals surface area contributed by atoms with Crippen LogP contribution in [-0.4, -0.2) is 66.2 Å². The molecule has 6 nitrogen and oxygen atoms in total. The van der Waals surface area contributed by atoms with E-state index >= 15 is 0 Å². The number of amides is 1. The van der Waals surface area contributed by atoms with Crippen LogP contribution in [0, 0.1) is 0 Å². The van der Waals surface area contributed by atoms with E-state index in [1.165, 1.54) is 10.5 Å². The standard InChI is InChI=1S/C17H24N2O4/c1-18(8-7-17(21)22)16(20)11-15-13-19(9-10-23-15)12-14-5-3-2-4-6-14/h2-6,15H,7-13H2,1H3,(H,21,22). The molecular formula is C17H24N2O4. The molecule has 1 heterocycles. The molecule has 1 aliphatic heterocycles. The van der Waals surface area contributed by atoms with Gasteiger partial charge in [0.2, 0.25) is 5.91 Å². The Labute approximate surface area is 136 Å². The molecule has 23 heavy (non-hydrogen) atoms. The summed E-state index contributed by atoms with van der Waals surface area (Å²) >= 11 is 0. The zero-order valence-corrected chi connectivity index (χ0v) is 13.5. The van der Waals surface area contributed by atoms with Gasteiger partial charge in [0, 0.05) is 33.2 Å². The molecule has 2 rings (SSSR count). The Bertz CT molecular complexity index is 521. The van der Waals surface area contributed by atoms with Crippen LogP contribution in [-0.2, 0) is 20.9 Å². The van der Waals surface area contributed by atoms with Crippen LogP contribution in [0.25, 0.3) is 0 Å². The second-order valence-electron chi connectivity index (χ2n) is 5.88. The maximum Gasteiger partial charge on any atom is 0.305 e. The molecule has 0 aliphatic carbocycles. The van der Waals surface area contributed by atoms with E-state index < -0.39 is 5.97 Å². The van der Waals surface area contributed by atoms with Gasteiger partial charge in [0.1, 0.15) is 0 Å². The fraction of sp³-hybridized carbons (Fsp3) is 0.529. The van der Waals surface area contributed by atoms with E-state index in [2.05, 4.69) is 17.0 Å². The molecule has 0 bridgehead atoms. The van der Waals surface area contributed by atoms with Gasteiger partial charge in [-0.2, -0.15) is 0 Å². The maximum absolute atomic E-state index is 12.1. The summed E-state index contributed by atoms with van der Waals surface area (Å²) in [5, 5.41) is 8.67. The number of hydrogen-bond acceptors (Lipinski definition) is 4. The highest BCUT2D eigenvalue weighted by atomic mass is 16.5. The lowest BCUT2D eigenvalue weighted by molar-refractivity contribution is -0.139. The first-order chi connectivity index (χ1) is 11.0. The number of ether oxygens (including phenoxy) is 1. The summed E-state index contributed by atoms with van der Waals surface area (Å²) in [6.45, 7) is 3.27. The van der Waals surface area contributed by atoms with E-state index in [0.29, 0.717) is 19.6 Å². The Morgan fingerprint density at radius 1 is 1.35 bits per heavy atom. The smallest absolute Gasteiger partial charge is 0.305 e. The van der Waals surface area contributed by atoms with E-state index in [4.69, 9.17) is 9.84 Å². The van der Waals surface area contributed by atoms with E-state index in [-0.39, 0.29) is 25.0 Å². The molecule has 1 amide bonds. The van der Waals surface area contributed by atoms with Crippen LogP contribution in [0.1, 0.15) is 18.4 Å². The molecular weight excluding hydrogens is 296 g/mol. The molecule has 0 radical (unpaired) electrons. The van der Waals surface area contributed by atoms with E-state index in [1.807, 2.05) is 18.2 Å². The van der Waals surface area contributed by atoms with Crippen LogP contribution in [0.2, 0.25) is 0 Å². The molecule has 126 valence electrons. The lowest BCUT2D eigenvalue weighted by atomic mass is 10.1. The highest BCUT2D eigenvalue weighted by Gasteiger charge is 2.24. The molecule has 0 spiro atoms. The van der Waals surface area contributed by atoms with Gasteiger partial charge in [-0.25, -0.2) is 0 Å². The van der Waals surface area contributed by atoms with Gasteiger partial charge in [-0.1, -0.05) is 30.3 Å². The number of carboxylic acids is 1. The van der Waals surface area contributed by atoms with Crippen molar-refractivity contribution in [1.82, 2.24) is 9.80 Å². The van der Waals surface area contributed by atoms with Crippen LogP contribution in [0.3, 0.4) is 0 Å². The fourth-order valence-electron chi connectivity index (χ4n) is 2.63. The van der Waals surface area contributed by atoms with Crippen LogP contribution >= 0.6 is 0 Å². The average molecular weight is 320 g/mol. The lowest BCUT2D eigenvalue weighted by Gasteiger charge is -2.33.